The second-order valence-corrected chi connectivity index (χ2v) is 4.45. The predicted octanol–water partition coefficient (Wildman–Crippen LogP) is -2.71. The standard InChI is InChI=1S/C10H17ClN2O6/c1-4(15)12-7-9(18)8(17)5(3-14)19-10(7)13-6(16)2-11/h5,7-10,14,17-18H,2-3H2,1H3,(H,12,15)(H,13,16). The molecule has 110 valence electrons. The summed E-state index contributed by atoms with van der Waals surface area (Å²) in [6.07, 6.45) is -4.94. The number of ether oxygens (including phenoxy) is 1. The van der Waals surface area contributed by atoms with E-state index in [1.165, 1.54) is 6.92 Å². The lowest BCUT2D eigenvalue weighted by Gasteiger charge is -2.42. The first-order chi connectivity index (χ1) is 8.90. The Morgan fingerprint density at radius 2 is 1.89 bits per heavy atom. The van der Waals surface area contributed by atoms with Crippen molar-refractivity contribution in [2.24, 2.45) is 0 Å². The first kappa shape index (κ1) is 16.1. The van der Waals surface area contributed by atoms with Gasteiger partial charge in [0.2, 0.25) is 11.8 Å². The van der Waals surface area contributed by atoms with Gasteiger partial charge in [-0.05, 0) is 0 Å². The molecule has 1 heterocycles. The Balaban J connectivity index is 2.86. The van der Waals surface area contributed by atoms with Crippen LogP contribution in [-0.2, 0) is 14.3 Å². The summed E-state index contributed by atoms with van der Waals surface area (Å²) in [5, 5.41) is 33.4. The van der Waals surface area contributed by atoms with Crippen LogP contribution in [0.2, 0.25) is 0 Å². The van der Waals surface area contributed by atoms with Crippen LogP contribution in [0.5, 0.6) is 0 Å². The number of carbonyl (C=O) groups is 2. The van der Waals surface area contributed by atoms with Gasteiger partial charge in [0.15, 0.2) is 6.23 Å². The van der Waals surface area contributed by atoms with E-state index in [-0.39, 0.29) is 5.88 Å². The van der Waals surface area contributed by atoms with E-state index in [0.29, 0.717) is 0 Å². The minimum absolute atomic E-state index is 0.324. The van der Waals surface area contributed by atoms with Gasteiger partial charge in [0.25, 0.3) is 0 Å². The fraction of sp³-hybridized carbons (Fsp3) is 0.800. The van der Waals surface area contributed by atoms with Crippen LogP contribution in [0.4, 0.5) is 0 Å². The van der Waals surface area contributed by atoms with Crippen molar-refractivity contribution >= 4 is 23.4 Å². The van der Waals surface area contributed by atoms with Crippen molar-refractivity contribution in [3.8, 4) is 0 Å². The maximum absolute atomic E-state index is 11.3. The lowest BCUT2D eigenvalue weighted by molar-refractivity contribution is -0.203. The summed E-state index contributed by atoms with van der Waals surface area (Å²) in [4.78, 5) is 22.3. The van der Waals surface area contributed by atoms with Crippen LogP contribution in [0.1, 0.15) is 6.92 Å². The van der Waals surface area contributed by atoms with Gasteiger partial charge in [-0.15, -0.1) is 11.6 Å². The molecule has 8 nitrogen and oxygen atoms in total. The van der Waals surface area contributed by atoms with Crippen molar-refractivity contribution < 1.29 is 29.6 Å². The molecule has 1 aliphatic rings. The van der Waals surface area contributed by atoms with Crippen molar-refractivity contribution in [3.63, 3.8) is 0 Å². The van der Waals surface area contributed by atoms with Crippen molar-refractivity contribution in [1.29, 1.82) is 0 Å². The second-order valence-electron chi connectivity index (χ2n) is 4.19. The zero-order valence-electron chi connectivity index (χ0n) is 10.2. The Hall–Kier alpha value is -0.930. The minimum atomic E-state index is -1.39. The molecule has 5 unspecified atom stereocenters. The van der Waals surface area contributed by atoms with E-state index >= 15 is 0 Å². The number of aliphatic hydroxyl groups excluding tert-OH is 3. The van der Waals surface area contributed by atoms with E-state index < -0.39 is 49.0 Å². The third kappa shape index (κ3) is 4.02. The Labute approximate surface area is 114 Å². The van der Waals surface area contributed by atoms with Gasteiger partial charge < -0.3 is 30.7 Å². The van der Waals surface area contributed by atoms with Gasteiger partial charge in [-0.3, -0.25) is 9.59 Å². The quantitative estimate of drug-likeness (QED) is 0.359. The number of rotatable bonds is 4. The molecule has 1 fully saturated rings. The van der Waals surface area contributed by atoms with Crippen LogP contribution in [0.25, 0.3) is 0 Å². The number of aliphatic hydroxyl groups is 3. The lowest BCUT2D eigenvalue weighted by Crippen LogP contribution is -2.68. The zero-order valence-corrected chi connectivity index (χ0v) is 11.0. The largest absolute Gasteiger partial charge is 0.394 e. The number of hydrogen-bond donors (Lipinski definition) is 5. The van der Waals surface area contributed by atoms with E-state index in [1.807, 2.05) is 0 Å². The summed E-state index contributed by atoms with van der Waals surface area (Å²) in [6.45, 7) is 0.677. The third-order valence-corrected chi connectivity index (χ3v) is 2.96. The maximum Gasteiger partial charge on any atom is 0.236 e. The van der Waals surface area contributed by atoms with Gasteiger partial charge in [-0.2, -0.15) is 0 Å². The summed E-state index contributed by atoms with van der Waals surface area (Å²) in [7, 11) is 0. The van der Waals surface area contributed by atoms with E-state index in [2.05, 4.69) is 10.6 Å². The van der Waals surface area contributed by atoms with Crippen molar-refractivity contribution in [2.75, 3.05) is 12.5 Å². The van der Waals surface area contributed by atoms with Crippen molar-refractivity contribution in [2.45, 2.75) is 37.5 Å². The highest BCUT2D eigenvalue weighted by molar-refractivity contribution is 6.27. The highest BCUT2D eigenvalue weighted by Crippen LogP contribution is 2.19. The fourth-order valence-corrected chi connectivity index (χ4v) is 1.91. The van der Waals surface area contributed by atoms with Gasteiger partial charge in [-0.25, -0.2) is 0 Å². The average Bonchev–Trinajstić information content (AvgIpc) is 2.37. The Morgan fingerprint density at radius 1 is 1.26 bits per heavy atom. The van der Waals surface area contributed by atoms with Crippen molar-refractivity contribution in [1.82, 2.24) is 10.6 Å². The molecule has 9 heteroatoms. The number of carbonyl (C=O) groups excluding carboxylic acids is 2. The SMILES string of the molecule is CC(=O)NC1C(NC(=O)CCl)OC(CO)C(O)C1O. The monoisotopic (exact) mass is 296 g/mol. The van der Waals surface area contributed by atoms with Crippen LogP contribution >= 0.6 is 11.6 Å². The van der Waals surface area contributed by atoms with Crippen LogP contribution in [0.15, 0.2) is 0 Å². The van der Waals surface area contributed by atoms with Crippen LogP contribution in [0.3, 0.4) is 0 Å². The zero-order chi connectivity index (χ0) is 14.6. The van der Waals surface area contributed by atoms with E-state index in [1.54, 1.807) is 0 Å². The molecule has 0 aromatic carbocycles. The lowest BCUT2D eigenvalue weighted by atomic mass is 9.96. The van der Waals surface area contributed by atoms with Gasteiger partial charge in [0, 0.05) is 6.92 Å². The summed E-state index contributed by atoms with van der Waals surface area (Å²) >= 11 is 5.34. The molecule has 5 atom stereocenters. The molecule has 5 N–H and O–H groups in total. The molecule has 0 aliphatic carbocycles. The predicted molar refractivity (Wildman–Crippen MR) is 64.2 cm³/mol. The molecule has 0 bridgehead atoms. The Morgan fingerprint density at radius 3 is 2.37 bits per heavy atom. The van der Waals surface area contributed by atoms with Gasteiger partial charge in [-0.1, -0.05) is 0 Å². The number of halogens is 1. The summed E-state index contributed by atoms with van der Waals surface area (Å²) in [5.74, 6) is -1.36. The molecule has 0 aromatic heterocycles. The van der Waals surface area contributed by atoms with Gasteiger partial charge in [0.1, 0.15) is 30.2 Å². The van der Waals surface area contributed by atoms with Crippen LogP contribution in [0, 0.1) is 0 Å². The molecular weight excluding hydrogens is 280 g/mol. The number of hydrogen-bond acceptors (Lipinski definition) is 6. The van der Waals surface area contributed by atoms with E-state index in [0.717, 1.165) is 0 Å². The van der Waals surface area contributed by atoms with E-state index in [9.17, 15) is 19.8 Å². The highest BCUT2D eigenvalue weighted by atomic mass is 35.5. The highest BCUT2D eigenvalue weighted by Gasteiger charge is 2.45. The third-order valence-electron chi connectivity index (χ3n) is 2.72. The molecule has 2 amide bonds. The molecule has 1 rings (SSSR count). The number of nitrogens with one attached hydrogen (secondary N) is 2. The summed E-state index contributed by atoms with van der Waals surface area (Å²) < 4.78 is 5.24. The first-order valence-electron chi connectivity index (χ1n) is 5.65. The van der Waals surface area contributed by atoms with Gasteiger partial charge in [0.05, 0.1) is 6.61 Å². The maximum atomic E-state index is 11.3. The second kappa shape index (κ2) is 7.01. The van der Waals surface area contributed by atoms with Crippen LogP contribution < -0.4 is 10.6 Å². The number of amides is 2. The van der Waals surface area contributed by atoms with E-state index in [4.69, 9.17) is 21.4 Å². The molecule has 1 saturated heterocycles. The molecule has 1 aliphatic heterocycles. The molecule has 0 spiro atoms. The summed E-state index contributed by atoms with van der Waals surface area (Å²) in [5.41, 5.74) is 0. The Bertz CT molecular complexity index is 342. The average molecular weight is 297 g/mol. The minimum Gasteiger partial charge on any atom is -0.394 e. The first-order valence-corrected chi connectivity index (χ1v) is 6.19. The molecular formula is C10H17ClN2O6. The molecule has 0 radical (unpaired) electrons. The smallest absolute Gasteiger partial charge is 0.236 e. The normalized spacial score (nSPS) is 34.7. The van der Waals surface area contributed by atoms with Crippen LogP contribution in [-0.4, -0.2) is 70.2 Å². The fourth-order valence-electron chi connectivity index (χ4n) is 1.83. The van der Waals surface area contributed by atoms with Crippen molar-refractivity contribution in [3.05, 3.63) is 0 Å². The Kier molecular flexibility index (Phi) is 5.95. The van der Waals surface area contributed by atoms with Gasteiger partial charge >= 0.3 is 0 Å². The molecule has 0 aromatic rings. The molecule has 19 heavy (non-hydrogen) atoms. The molecule has 0 saturated carbocycles. The topological polar surface area (TPSA) is 128 Å². The number of alkyl halides is 1. The summed E-state index contributed by atoms with van der Waals surface area (Å²) in [6, 6.07) is -1.04.